The standard InChI is InChI=1S/C11H15NO5S/c1-17-11(14)8-18(15,16)12-10-4-2-9(3-5-10)6-7-13/h2-5,12-13H,6-8H2,1H3. The summed E-state index contributed by atoms with van der Waals surface area (Å²) in [5.41, 5.74) is 1.26. The minimum atomic E-state index is -3.75. The van der Waals surface area contributed by atoms with Gasteiger partial charge in [0.2, 0.25) is 10.0 Å². The molecule has 0 atom stereocenters. The molecule has 0 aliphatic rings. The van der Waals surface area contributed by atoms with Crippen LogP contribution in [0.4, 0.5) is 5.69 Å². The number of benzene rings is 1. The first-order chi connectivity index (χ1) is 8.46. The van der Waals surface area contributed by atoms with Gasteiger partial charge in [-0.3, -0.25) is 9.52 Å². The Balaban J connectivity index is 2.69. The highest BCUT2D eigenvalue weighted by Gasteiger charge is 2.16. The quantitative estimate of drug-likeness (QED) is 0.719. The van der Waals surface area contributed by atoms with Gasteiger partial charge < -0.3 is 9.84 Å². The molecule has 1 aromatic rings. The third kappa shape index (κ3) is 4.72. The SMILES string of the molecule is COC(=O)CS(=O)(=O)Nc1ccc(CCO)cc1. The van der Waals surface area contributed by atoms with Gasteiger partial charge in [0, 0.05) is 12.3 Å². The molecule has 0 saturated heterocycles. The second-order valence-corrected chi connectivity index (χ2v) is 5.33. The Bertz CT molecular complexity index is 495. The average molecular weight is 273 g/mol. The van der Waals surface area contributed by atoms with Crippen LogP contribution in [-0.4, -0.2) is 39.0 Å². The summed E-state index contributed by atoms with van der Waals surface area (Å²) in [6, 6.07) is 6.54. The molecule has 0 unspecified atom stereocenters. The Hall–Kier alpha value is -1.60. The molecule has 6 nitrogen and oxygen atoms in total. The molecule has 1 aromatic carbocycles. The van der Waals surface area contributed by atoms with Crippen molar-refractivity contribution in [2.45, 2.75) is 6.42 Å². The number of hydrogen-bond donors (Lipinski definition) is 2. The predicted molar refractivity (Wildman–Crippen MR) is 66.7 cm³/mol. The zero-order chi connectivity index (χ0) is 13.6. The predicted octanol–water partition coefficient (Wildman–Crippen LogP) is 0.136. The summed E-state index contributed by atoms with van der Waals surface area (Å²) in [6.45, 7) is 0.0351. The number of anilines is 1. The van der Waals surface area contributed by atoms with Gasteiger partial charge in [-0.05, 0) is 24.1 Å². The van der Waals surface area contributed by atoms with E-state index in [1.54, 1.807) is 24.3 Å². The van der Waals surface area contributed by atoms with Crippen LogP contribution in [0.1, 0.15) is 5.56 Å². The van der Waals surface area contributed by atoms with Crippen LogP contribution in [0.2, 0.25) is 0 Å². The van der Waals surface area contributed by atoms with E-state index >= 15 is 0 Å². The summed E-state index contributed by atoms with van der Waals surface area (Å²) in [7, 11) is -2.62. The summed E-state index contributed by atoms with van der Waals surface area (Å²) in [4.78, 5) is 10.9. The molecule has 0 aliphatic carbocycles. The maximum Gasteiger partial charge on any atom is 0.322 e. The van der Waals surface area contributed by atoms with Crippen LogP contribution in [0.15, 0.2) is 24.3 Å². The van der Waals surface area contributed by atoms with E-state index in [4.69, 9.17) is 5.11 Å². The molecule has 0 saturated carbocycles. The molecule has 0 heterocycles. The molecule has 0 amide bonds. The van der Waals surface area contributed by atoms with Gasteiger partial charge in [0.1, 0.15) is 0 Å². The number of sulfonamides is 1. The fourth-order valence-corrected chi connectivity index (χ4v) is 2.29. The van der Waals surface area contributed by atoms with Crippen molar-refractivity contribution in [2.24, 2.45) is 0 Å². The molecule has 100 valence electrons. The topological polar surface area (TPSA) is 92.7 Å². The zero-order valence-electron chi connectivity index (χ0n) is 9.92. The number of methoxy groups -OCH3 is 1. The number of esters is 1. The third-order valence-electron chi connectivity index (χ3n) is 2.16. The molecule has 0 bridgehead atoms. The van der Waals surface area contributed by atoms with Crippen LogP contribution in [0, 0.1) is 0 Å². The van der Waals surface area contributed by atoms with Crippen LogP contribution < -0.4 is 4.72 Å². The number of ether oxygens (including phenoxy) is 1. The van der Waals surface area contributed by atoms with Crippen LogP contribution >= 0.6 is 0 Å². The molecule has 18 heavy (non-hydrogen) atoms. The van der Waals surface area contributed by atoms with Gasteiger partial charge in [0.05, 0.1) is 7.11 Å². The number of aliphatic hydroxyl groups excluding tert-OH is 1. The average Bonchev–Trinajstić information content (AvgIpc) is 2.31. The fourth-order valence-electron chi connectivity index (χ4n) is 1.30. The lowest BCUT2D eigenvalue weighted by atomic mass is 10.1. The molecule has 0 radical (unpaired) electrons. The highest BCUT2D eigenvalue weighted by atomic mass is 32.2. The van der Waals surface area contributed by atoms with Gasteiger partial charge in [0.25, 0.3) is 0 Å². The molecular weight excluding hydrogens is 258 g/mol. The lowest BCUT2D eigenvalue weighted by molar-refractivity contribution is -0.137. The van der Waals surface area contributed by atoms with E-state index in [0.717, 1.165) is 12.7 Å². The summed E-state index contributed by atoms with van der Waals surface area (Å²) in [5, 5.41) is 8.74. The maximum atomic E-state index is 11.5. The summed E-state index contributed by atoms with van der Waals surface area (Å²) < 4.78 is 29.6. The molecular formula is C11H15NO5S. The van der Waals surface area contributed by atoms with E-state index in [1.807, 2.05) is 0 Å². The van der Waals surface area contributed by atoms with E-state index in [0.29, 0.717) is 12.1 Å². The van der Waals surface area contributed by atoms with Gasteiger partial charge in [-0.2, -0.15) is 0 Å². The van der Waals surface area contributed by atoms with Gasteiger partial charge in [-0.15, -0.1) is 0 Å². The van der Waals surface area contributed by atoms with Crippen molar-refractivity contribution in [3.63, 3.8) is 0 Å². The van der Waals surface area contributed by atoms with Gasteiger partial charge >= 0.3 is 5.97 Å². The zero-order valence-corrected chi connectivity index (χ0v) is 10.7. The Morgan fingerprint density at radius 1 is 1.33 bits per heavy atom. The van der Waals surface area contributed by atoms with E-state index in [2.05, 4.69) is 9.46 Å². The smallest absolute Gasteiger partial charge is 0.322 e. The first-order valence-electron chi connectivity index (χ1n) is 5.24. The molecule has 0 aliphatic heterocycles. The number of nitrogens with one attached hydrogen (secondary N) is 1. The largest absolute Gasteiger partial charge is 0.468 e. The second kappa shape index (κ2) is 6.36. The molecule has 0 fully saturated rings. The number of rotatable bonds is 6. The van der Waals surface area contributed by atoms with E-state index < -0.39 is 21.7 Å². The monoisotopic (exact) mass is 273 g/mol. The van der Waals surface area contributed by atoms with Gasteiger partial charge in [-0.1, -0.05) is 12.1 Å². The number of hydrogen-bond acceptors (Lipinski definition) is 5. The molecule has 2 N–H and O–H groups in total. The van der Waals surface area contributed by atoms with Crippen LogP contribution in [0.25, 0.3) is 0 Å². The molecule has 0 aromatic heterocycles. The van der Waals surface area contributed by atoms with Crippen LogP contribution in [0.5, 0.6) is 0 Å². The van der Waals surface area contributed by atoms with Crippen molar-refractivity contribution >= 4 is 21.7 Å². The van der Waals surface area contributed by atoms with Crippen LogP contribution in [0.3, 0.4) is 0 Å². The summed E-state index contributed by atoms with van der Waals surface area (Å²) >= 11 is 0. The van der Waals surface area contributed by atoms with Crippen molar-refractivity contribution in [1.82, 2.24) is 0 Å². The van der Waals surface area contributed by atoms with Gasteiger partial charge in [-0.25, -0.2) is 8.42 Å². The lowest BCUT2D eigenvalue weighted by Crippen LogP contribution is -2.23. The first kappa shape index (κ1) is 14.5. The number of carbonyl (C=O) groups excluding carboxylic acids is 1. The maximum absolute atomic E-state index is 11.5. The lowest BCUT2D eigenvalue weighted by Gasteiger charge is -2.07. The number of aliphatic hydroxyl groups is 1. The second-order valence-electron chi connectivity index (χ2n) is 3.61. The highest BCUT2D eigenvalue weighted by Crippen LogP contribution is 2.11. The van der Waals surface area contributed by atoms with Crippen LogP contribution in [-0.2, 0) is 26.0 Å². The summed E-state index contributed by atoms with van der Waals surface area (Å²) in [5.74, 6) is -1.54. The Morgan fingerprint density at radius 2 is 1.94 bits per heavy atom. The first-order valence-corrected chi connectivity index (χ1v) is 6.89. The Kier molecular flexibility index (Phi) is 5.11. The molecule has 7 heteroatoms. The normalized spacial score (nSPS) is 11.0. The van der Waals surface area contributed by atoms with E-state index in [1.165, 1.54) is 0 Å². The van der Waals surface area contributed by atoms with E-state index in [-0.39, 0.29) is 6.61 Å². The highest BCUT2D eigenvalue weighted by molar-refractivity contribution is 7.93. The molecule has 0 spiro atoms. The minimum absolute atomic E-state index is 0.0351. The van der Waals surface area contributed by atoms with Crippen molar-refractivity contribution in [3.05, 3.63) is 29.8 Å². The Morgan fingerprint density at radius 3 is 2.44 bits per heavy atom. The minimum Gasteiger partial charge on any atom is -0.468 e. The van der Waals surface area contributed by atoms with Crippen molar-refractivity contribution in [3.8, 4) is 0 Å². The van der Waals surface area contributed by atoms with Crippen molar-refractivity contribution in [2.75, 3.05) is 24.2 Å². The third-order valence-corrected chi connectivity index (χ3v) is 3.33. The fraction of sp³-hybridized carbons (Fsp3) is 0.364. The van der Waals surface area contributed by atoms with Gasteiger partial charge in [0.15, 0.2) is 5.75 Å². The summed E-state index contributed by atoms with van der Waals surface area (Å²) in [6.07, 6.45) is 0.509. The number of carbonyl (C=O) groups is 1. The Labute approximate surface area is 106 Å². The van der Waals surface area contributed by atoms with Crippen molar-refractivity contribution in [1.29, 1.82) is 0 Å². The van der Waals surface area contributed by atoms with E-state index in [9.17, 15) is 13.2 Å². The van der Waals surface area contributed by atoms with Crippen molar-refractivity contribution < 1.29 is 23.1 Å². The molecule has 1 rings (SSSR count).